The Morgan fingerprint density at radius 1 is 1.39 bits per heavy atom. The lowest BCUT2D eigenvalue weighted by Crippen LogP contribution is -2.45. The van der Waals surface area contributed by atoms with Crippen LogP contribution in [0.5, 0.6) is 0 Å². The third kappa shape index (κ3) is 5.92. The fourth-order valence-electron chi connectivity index (χ4n) is 2.06. The number of rotatable bonds is 6. The summed E-state index contributed by atoms with van der Waals surface area (Å²) in [6.45, 7) is 10.4. The average Bonchev–Trinajstić information content (AvgIpc) is 2.85. The van der Waals surface area contributed by atoms with Crippen molar-refractivity contribution in [2.75, 3.05) is 7.05 Å². The number of carbonyl (C=O) groups is 2. The van der Waals surface area contributed by atoms with Crippen LogP contribution in [-0.4, -0.2) is 45.3 Å². The zero-order valence-corrected chi connectivity index (χ0v) is 14.8. The first kappa shape index (κ1) is 19.0. The molecule has 0 saturated heterocycles. The van der Waals surface area contributed by atoms with Crippen LogP contribution in [0.15, 0.2) is 6.07 Å². The van der Waals surface area contributed by atoms with Crippen LogP contribution in [0, 0.1) is 5.92 Å². The lowest BCUT2D eigenvalue weighted by molar-refractivity contribution is -0.137. The maximum atomic E-state index is 12.2. The van der Waals surface area contributed by atoms with Crippen molar-refractivity contribution in [3.05, 3.63) is 17.5 Å². The summed E-state index contributed by atoms with van der Waals surface area (Å²) in [4.78, 5) is 24.6. The van der Waals surface area contributed by atoms with Gasteiger partial charge in [-0.3, -0.25) is 9.89 Å². The molecule has 2 amide bonds. The van der Waals surface area contributed by atoms with E-state index in [1.54, 1.807) is 7.05 Å². The van der Waals surface area contributed by atoms with Gasteiger partial charge < -0.3 is 15.3 Å². The molecular weight excluding hydrogens is 296 g/mol. The third-order valence-corrected chi connectivity index (χ3v) is 3.66. The molecule has 1 atom stereocenters. The maximum absolute atomic E-state index is 12.2. The summed E-state index contributed by atoms with van der Waals surface area (Å²) in [5.74, 6) is -0.877. The number of hydrogen-bond donors (Lipinski definition) is 3. The van der Waals surface area contributed by atoms with E-state index in [2.05, 4.69) is 36.3 Å². The molecule has 3 N–H and O–H groups in total. The fraction of sp³-hybridized carbons (Fsp3) is 0.688. The first-order chi connectivity index (χ1) is 10.5. The molecule has 0 bridgehead atoms. The van der Waals surface area contributed by atoms with Crippen LogP contribution in [0.4, 0.5) is 4.79 Å². The Kier molecular flexibility index (Phi) is 6.18. The number of carboxylic acid groups (broad SMARTS) is 1. The van der Waals surface area contributed by atoms with Crippen LogP contribution in [0.2, 0.25) is 0 Å². The van der Waals surface area contributed by atoms with E-state index in [1.165, 1.54) is 4.90 Å². The lowest BCUT2D eigenvalue weighted by atomic mass is 9.92. The number of amides is 2. The molecule has 0 aliphatic rings. The highest BCUT2D eigenvalue weighted by Gasteiger charge is 2.22. The van der Waals surface area contributed by atoms with Crippen molar-refractivity contribution in [1.82, 2.24) is 20.4 Å². The number of aliphatic carboxylic acids is 1. The van der Waals surface area contributed by atoms with E-state index >= 15 is 0 Å². The molecule has 1 aromatic heterocycles. The van der Waals surface area contributed by atoms with Crippen molar-refractivity contribution in [1.29, 1.82) is 0 Å². The molecule has 1 unspecified atom stereocenters. The number of carboxylic acids is 1. The minimum absolute atomic E-state index is 0.0445. The number of aromatic nitrogens is 2. The number of aromatic amines is 1. The zero-order chi connectivity index (χ0) is 17.8. The monoisotopic (exact) mass is 324 g/mol. The second kappa shape index (κ2) is 7.48. The molecule has 1 aromatic rings. The van der Waals surface area contributed by atoms with Crippen molar-refractivity contribution >= 4 is 12.0 Å². The third-order valence-electron chi connectivity index (χ3n) is 3.66. The smallest absolute Gasteiger partial charge is 0.317 e. The molecule has 7 heteroatoms. The van der Waals surface area contributed by atoms with Crippen LogP contribution in [-0.2, 0) is 16.8 Å². The van der Waals surface area contributed by atoms with E-state index in [0.717, 1.165) is 11.4 Å². The Bertz CT molecular complexity index is 546. The summed E-state index contributed by atoms with van der Waals surface area (Å²) in [7, 11) is 1.67. The molecule has 0 aliphatic carbocycles. The van der Waals surface area contributed by atoms with Crippen molar-refractivity contribution in [3.63, 3.8) is 0 Å². The highest BCUT2D eigenvalue weighted by atomic mass is 16.4. The predicted octanol–water partition coefficient (Wildman–Crippen LogP) is 2.35. The summed E-state index contributed by atoms with van der Waals surface area (Å²) >= 11 is 0. The van der Waals surface area contributed by atoms with Gasteiger partial charge in [-0.25, -0.2) is 4.79 Å². The molecule has 0 fully saturated rings. The standard InChI is InChI=1S/C16H28N4O3/c1-10(2)12(8-14(21)22)17-15(23)20(6)9-11-7-13(19-18-11)16(3,4)5/h7,10,12H,8-9H2,1-6H3,(H,17,23)(H,18,19)(H,21,22). The Morgan fingerprint density at radius 3 is 2.43 bits per heavy atom. The summed E-state index contributed by atoms with van der Waals surface area (Å²) in [6.07, 6.45) is -0.0878. The average molecular weight is 324 g/mol. The number of H-pyrrole nitrogens is 1. The van der Waals surface area contributed by atoms with Gasteiger partial charge in [0.15, 0.2) is 0 Å². The highest BCUT2D eigenvalue weighted by molar-refractivity contribution is 5.75. The fourth-order valence-corrected chi connectivity index (χ4v) is 2.06. The first-order valence-electron chi connectivity index (χ1n) is 7.79. The largest absolute Gasteiger partial charge is 0.481 e. The molecule has 0 radical (unpaired) electrons. The van der Waals surface area contributed by atoms with Gasteiger partial charge >= 0.3 is 12.0 Å². The van der Waals surface area contributed by atoms with Crippen molar-refractivity contribution in [2.45, 2.75) is 59.0 Å². The molecule has 23 heavy (non-hydrogen) atoms. The van der Waals surface area contributed by atoms with Gasteiger partial charge in [0, 0.05) is 18.5 Å². The maximum Gasteiger partial charge on any atom is 0.317 e. The second-order valence-corrected chi connectivity index (χ2v) is 7.28. The van der Waals surface area contributed by atoms with E-state index < -0.39 is 12.0 Å². The summed E-state index contributed by atoms with van der Waals surface area (Å²) in [6, 6.07) is 1.26. The number of carbonyl (C=O) groups excluding carboxylic acids is 1. The number of nitrogens with zero attached hydrogens (tertiary/aromatic N) is 2. The van der Waals surface area contributed by atoms with Crippen LogP contribution >= 0.6 is 0 Å². The van der Waals surface area contributed by atoms with Gasteiger partial charge in [-0.1, -0.05) is 34.6 Å². The SMILES string of the molecule is CC(C)C(CC(=O)O)NC(=O)N(C)Cc1cc(C(C)(C)C)n[nH]1. The van der Waals surface area contributed by atoms with Crippen LogP contribution in [0.1, 0.15) is 52.4 Å². The molecule has 130 valence electrons. The van der Waals surface area contributed by atoms with Crippen LogP contribution in [0.3, 0.4) is 0 Å². The van der Waals surface area contributed by atoms with Gasteiger partial charge in [-0.2, -0.15) is 5.10 Å². The summed E-state index contributed by atoms with van der Waals surface area (Å²) in [5.41, 5.74) is 1.72. The van der Waals surface area contributed by atoms with E-state index in [-0.39, 0.29) is 23.8 Å². The Labute approximate surface area is 137 Å². The number of nitrogens with one attached hydrogen (secondary N) is 2. The van der Waals surface area contributed by atoms with Crippen molar-refractivity contribution in [2.24, 2.45) is 5.92 Å². The van der Waals surface area contributed by atoms with Crippen molar-refractivity contribution in [3.8, 4) is 0 Å². The normalized spacial score (nSPS) is 13.0. The summed E-state index contributed by atoms with van der Waals surface area (Å²) < 4.78 is 0. The Morgan fingerprint density at radius 2 is 2.00 bits per heavy atom. The molecule has 0 aromatic carbocycles. The molecular formula is C16H28N4O3. The highest BCUT2D eigenvalue weighted by Crippen LogP contribution is 2.20. The van der Waals surface area contributed by atoms with Gasteiger partial charge in [-0.15, -0.1) is 0 Å². The van der Waals surface area contributed by atoms with Gasteiger partial charge in [0.05, 0.1) is 24.4 Å². The first-order valence-corrected chi connectivity index (χ1v) is 7.79. The molecule has 0 aliphatic heterocycles. The minimum atomic E-state index is -0.921. The van der Waals surface area contributed by atoms with E-state index in [1.807, 2.05) is 19.9 Å². The quantitative estimate of drug-likeness (QED) is 0.748. The topological polar surface area (TPSA) is 98.3 Å². The number of urea groups is 1. The van der Waals surface area contributed by atoms with Gasteiger partial charge in [0.1, 0.15) is 0 Å². The van der Waals surface area contributed by atoms with Crippen LogP contribution < -0.4 is 5.32 Å². The van der Waals surface area contributed by atoms with Gasteiger partial charge in [-0.05, 0) is 12.0 Å². The van der Waals surface area contributed by atoms with Crippen molar-refractivity contribution < 1.29 is 14.7 Å². The van der Waals surface area contributed by atoms with E-state index in [9.17, 15) is 9.59 Å². The van der Waals surface area contributed by atoms with Gasteiger partial charge in [0.2, 0.25) is 0 Å². The van der Waals surface area contributed by atoms with E-state index in [4.69, 9.17) is 5.11 Å². The lowest BCUT2D eigenvalue weighted by Gasteiger charge is -2.24. The van der Waals surface area contributed by atoms with E-state index in [0.29, 0.717) is 6.54 Å². The van der Waals surface area contributed by atoms with Gasteiger partial charge in [0.25, 0.3) is 0 Å². The zero-order valence-electron chi connectivity index (χ0n) is 14.8. The Hall–Kier alpha value is -2.05. The molecule has 1 heterocycles. The minimum Gasteiger partial charge on any atom is -0.481 e. The molecule has 0 spiro atoms. The van der Waals surface area contributed by atoms with Crippen LogP contribution in [0.25, 0.3) is 0 Å². The molecule has 7 nitrogen and oxygen atoms in total. The second-order valence-electron chi connectivity index (χ2n) is 7.28. The molecule has 1 rings (SSSR count). The Balaban J connectivity index is 2.66. The number of hydrogen-bond acceptors (Lipinski definition) is 3. The molecule has 0 saturated carbocycles. The summed E-state index contributed by atoms with van der Waals surface area (Å²) in [5, 5.41) is 18.9. The predicted molar refractivity (Wildman–Crippen MR) is 88.2 cm³/mol.